The smallest absolute Gasteiger partial charge is 0.254 e. The molecule has 0 aliphatic rings. The highest BCUT2D eigenvalue weighted by Gasteiger charge is 2.44. The van der Waals surface area contributed by atoms with E-state index in [-0.39, 0.29) is 5.88 Å². The van der Waals surface area contributed by atoms with Gasteiger partial charge in [-0.1, -0.05) is 34.8 Å². The monoisotopic (exact) mass is 410 g/mol. The molecule has 0 fully saturated rings. The number of carbonyl (C=O) groups excluding carboxylic acids is 1. The number of halogens is 4. The normalized spacial score (nSPS) is 12.8. The number of nitrogens with zero attached hydrogens (tertiary/aromatic N) is 4. The Labute approximate surface area is 159 Å². The first kappa shape index (κ1) is 19.1. The number of aromatic nitrogens is 3. The summed E-state index contributed by atoms with van der Waals surface area (Å²) in [6, 6.07) is 4.98. The van der Waals surface area contributed by atoms with Gasteiger partial charge < -0.3 is 4.84 Å². The lowest BCUT2D eigenvalue weighted by atomic mass is 10.2. The van der Waals surface area contributed by atoms with Gasteiger partial charge in [0.15, 0.2) is 16.2 Å². The van der Waals surface area contributed by atoms with Crippen LogP contribution in [0, 0.1) is 6.92 Å². The minimum atomic E-state index is -1.57. The van der Waals surface area contributed by atoms with Crippen molar-refractivity contribution in [3.05, 3.63) is 41.4 Å². The Balaban J connectivity index is 2.44. The van der Waals surface area contributed by atoms with Gasteiger partial charge in [0.1, 0.15) is 12.7 Å². The lowest BCUT2D eigenvalue weighted by Crippen LogP contribution is -2.48. The Bertz CT molecular complexity index is 709. The Hall–Kier alpha value is -1.21. The summed E-state index contributed by atoms with van der Waals surface area (Å²) < 4.78 is -0.268. The molecule has 0 radical (unpaired) electrons. The minimum absolute atomic E-state index is 0.173. The van der Waals surface area contributed by atoms with Crippen LogP contribution in [0.5, 0.6) is 5.75 Å². The van der Waals surface area contributed by atoms with Crippen LogP contribution in [0.3, 0.4) is 0 Å². The van der Waals surface area contributed by atoms with Crippen molar-refractivity contribution in [3.8, 4) is 5.75 Å². The fraction of sp³-hybridized carbons (Fsp3) is 0.357. The zero-order valence-electron chi connectivity index (χ0n) is 12.8. The largest absolute Gasteiger partial charge is 0.374 e. The molecule has 1 amide bonds. The van der Waals surface area contributed by atoms with Gasteiger partial charge in [-0.05, 0) is 30.7 Å². The number of alkyl halides is 3. The van der Waals surface area contributed by atoms with Crippen LogP contribution >= 0.6 is 46.4 Å². The molecule has 0 saturated carbocycles. The second-order valence-corrected chi connectivity index (χ2v) is 7.24. The van der Waals surface area contributed by atoms with Gasteiger partial charge in [0.05, 0.1) is 5.88 Å². The molecule has 1 unspecified atom stereocenters. The average Bonchev–Trinajstić information content (AvgIpc) is 3.02. The molecule has 24 heavy (non-hydrogen) atoms. The van der Waals surface area contributed by atoms with Gasteiger partial charge >= 0.3 is 0 Å². The van der Waals surface area contributed by atoms with Crippen LogP contribution in [0.4, 0.5) is 0 Å². The quantitative estimate of drug-likeness (QED) is 0.532. The van der Waals surface area contributed by atoms with E-state index in [1.165, 1.54) is 24.3 Å². The molecule has 10 heteroatoms. The summed E-state index contributed by atoms with van der Waals surface area (Å²) in [5.41, 5.74) is 0.728. The van der Waals surface area contributed by atoms with Gasteiger partial charge in [0, 0.05) is 11.9 Å². The first-order valence-corrected chi connectivity index (χ1v) is 8.45. The first-order chi connectivity index (χ1) is 11.3. The van der Waals surface area contributed by atoms with E-state index in [1.54, 1.807) is 25.1 Å². The van der Waals surface area contributed by atoms with Crippen LogP contribution in [0.15, 0.2) is 30.9 Å². The zero-order valence-corrected chi connectivity index (χ0v) is 15.8. The van der Waals surface area contributed by atoms with Gasteiger partial charge in [0.2, 0.25) is 0 Å². The summed E-state index contributed by atoms with van der Waals surface area (Å²) in [7, 11) is 0. The van der Waals surface area contributed by atoms with E-state index >= 15 is 0 Å². The maximum atomic E-state index is 12.2. The van der Waals surface area contributed by atoms with Crippen molar-refractivity contribution in [3.63, 3.8) is 0 Å². The van der Waals surface area contributed by atoms with Crippen molar-refractivity contribution >= 4 is 52.3 Å². The van der Waals surface area contributed by atoms with Crippen LogP contribution in [-0.4, -0.2) is 35.9 Å². The third-order valence-electron chi connectivity index (χ3n) is 3.11. The van der Waals surface area contributed by atoms with E-state index < -0.39 is 16.4 Å². The number of aryl methyl sites for hydroxylation is 1. The molecule has 2 aromatic rings. The van der Waals surface area contributed by atoms with Crippen molar-refractivity contribution in [1.82, 2.24) is 19.8 Å². The minimum Gasteiger partial charge on any atom is -0.374 e. The molecule has 130 valence electrons. The third kappa shape index (κ3) is 4.25. The van der Waals surface area contributed by atoms with E-state index in [1.807, 2.05) is 0 Å². The number of carbonyl (C=O) groups is 1. The number of amides is 1. The predicted octanol–water partition coefficient (Wildman–Crippen LogP) is 3.99. The standard InChI is InChI=1S/C14H14Cl4N4O2/c1-9-5-11(16)3-4-12(9)24-22(10(2)23)13(14(17,18)6-15)21-8-19-7-20-21/h3-5,7-8,13H,6H2,1-2H3. The summed E-state index contributed by atoms with van der Waals surface area (Å²) in [5.74, 6) is -0.202. The summed E-state index contributed by atoms with van der Waals surface area (Å²) in [4.78, 5) is 21.8. The average molecular weight is 412 g/mol. The number of hydrogen-bond acceptors (Lipinski definition) is 4. The molecule has 0 bridgehead atoms. The molecule has 6 nitrogen and oxygen atoms in total. The molecular formula is C14H14Cl4N4O2. The van der Waals surface area contributed by atoms with E-state index in [9.17, 15) is 4.79 Å². The number of benzene rings is 1. The van der Waals surface area contributed by atoms with Crippen LogP contribution in [0.1, 0.15) is 18.7 Å². The Morgan fingerprint density at radius 3 is 2.67 bits per heavy atom. The number of hydrogen-bond donors (Lipinski definition) is 0. The molecular weight excluding hydrogens is 398 g/mol. The van der Waals surface area contributed by atoms with E-state index in [4.69, 9.17) is 51.2 Å². The molecule has 1 atom stereocenters. The lowest BCUT2D eigenvalue weighted by Gasteiger charge is -2.36. The second kappa shape index (κ2) is 7.78. The van der Waals surface area contributed by atoms with Crippen molar-refractivity contribution in [2.75, 3.05) is 5.88 Å². The Morgan fingerprint density at radius 1 is 1.46 bits per heavy atom. The van der Waals surface area contributed by atoms with E-state index in [0.717, 1.165) is 10.6 Å². The van der Waals surface area contributed by atoms with Gasteiger partial charge in [-0.15, -0.1) is 16.7 Å². The molecule has 0 saturated heterocycles. The zero-order chi connectivity index (χ0) is 17.9. The van der Waals surface area contributed by atoms with Crippen LogP contribution < -0.4 is 4.84 Å². The fourth-order valence-corrected chi connectivity index (χ4v) is 2.73. The van der Waals surface area contributed by atoms with Crippen molar-refractivity contribution in [1.29, 1.82) is 0 Å². The Kier molecular flexibility index (Phi) is 6.20. The summed E-state index contributed by atoms with van der Waals surface area (Å²) in [6.45, 7) is 3.10. The van der Waals surface area contributed by atoms with Crippen LogP contribution in [0.2, 0.25) is 5.02 Å². The lowest BCUT2D eigenvalue weighted by molar-refractivity contribution is -0.173. The molecule has 0 aliphatic heterocycles. The van der Waals surface area contributed by atoms with Crippen LogP contribution in [-0.2, 0) is 4.79 Å². The second-order valence-electron chi connectivity index (χ2n) is 4.99. The molecule has 0 N–H and O–H groups in total. The van der Waals surface area contributed by atoms with E-state index in [2.05, 4.69) is 10.1 Å². The highest BCUT2D eigenvalue weighted by molar-refractivity contribution is 6.51. The predicted molar refractivity (Wildman–Crippen MR) is 93.6 cm³/mol. The number of hydroxylamine groups is 2. The highest BCUT2D eigenvalue weighted by Crippen LogP contribution is 2.38. The number of rotatable bonds is 6. The van der Waals surface area contributed by atoms with Gasteiger partial charge in [-0.25, -0.2) is 9.67 Å². The molecule has 2 rings (SSSR count). The van der Waals surface area contributed by atoms with E-state index in [0.29, 0.717) is 10.8 Å². The molecule has 0 aliphatic carbocycles. The summed E-state index contributed by atoms with van der Waals surface area (Å²) in [5, 5.41) is 5.55. The van der Waals surface area contributed by atoms with Crippen molar-refractivity contribution < 1.29 is 9.63 Å². The maximum absolute atomic E-state index is 12.2. The topological polar surface area (TPSA) is 60.2 Å². The fourth-order valence-electron chi connectivity index (χ4n) is 1.99. The Morgan fingerprint density at radius 2 is 2.17 bits per heavy atom. The SMILES string of the molecule is CC(=O)N(Oc1ccc(Cl)cc1C)C(n1cncn1)C(Cl)(Cl)CCl. The van der Waals surface area contributed by atoms with Crippen LogP contribution in [0.25, 0.3) is 0 Å². The highest BCUT2D eigenvalue weighted by atomic mass is 35.5. The third-order valence-corrected chi connectivity index (χ3v) is 4.70. The summed E-state index contributed by atoms with van der Waals surface area (Å²) >= 11 is 24.4. The maximum Gasteiger partial charge on any atom is 0.254 e. The van der Waals surface area contributed by atoms with Crippen molar-refractivity contribution in [2.24, 2.45) is 0 Å². The summed E-state index contributed by atoms with van der Waals surface area (Å²) in [6.07, 6.45) is 1.62. The van der Waals surface area contributed by atoms with Gasteiger partial charge in [-0.3, -0.25) is 4.79 Å². The molecule has 1 aromatic heterocycles. The van der Waals surface area contributed by atoms with Crippen molar-refractivity contribution in [2.45, 2.75) is 24.3 Å². The molecule has 1 aromatic carbocycles. The molecule has 1 heterocycles. The first-order valence-electron chi connectivity index (χ1n) is 6.78. The van der Waals surface area contributed by atoms with Gasteiger partial charge in [-0.2, -0.15) is 5.10 Å². The van der Waals surface area contributed by atoms with Gasteiger partial charge in [0.25, 0.3) is 5.91 Å². The molecule has 0 spiro atoms.